The molecule has 0 rings (SSSR count). The van der Waals surface area contributed by atoms with E-state index in [1.54, 1.807) is 0 Å². The number of hydrogen-bond donors (Lipinski definition) is 0. The Bertz CT molecular complexity index is 5.20. The van der Waals surface area contributed by atoms with Crippen molar-refractivity contribution in [3.63, 3.8) is 0 Å². The highest BCUT2D eigenvalue weighted by Gasteiger charge is -0.0656. The maximum Gasteiger partial charge on any atom is 0 e. The van der Waals surface area contributed by atoms with Crippen molar-refractivity contribution in [1.82, 2.24) is 0 Å². The lowest BCUT2D eigenvalue weighted by molar-refractivity contribution is 2.50. The molecule has 0 amide bonds. The molecule has 0 nitrogen and oxygen atoms in total. The molecule has 0 unspecified atom stereocenters. The third-order valence-electron chi connectivity index (χ3n) is 0. The second-order valence-electron chi connectivity index (χ2n) is 0. The van der Waals surface area contributed by atoms with Crippen LogP contribution in [0, 0.1) is 0 Å². The monoisotopic (exact) mass is 211 g/mol. The van der Waals surface area contributed by atoms with Crippen LogP contribution in [0.2, 0.25) is 0 Å². The summed E-state index contributed by atoms with van der Waals surface area (Å²) in [6.45, 7) is 0. The van der Waals surface area contributed by atoms with Crippen LogP contribution in [-0.4, -0.2) is 0 Å². The maximum absolute atomic E-state index is 0. The summed E-state index contributed by atoms with van der Waals surface area (Å²) in [6.07, 6.45) is 0. The summed E-state index contributed by atoms with van der Waals surface area (Å²) in [7, 11) is 0. The van der Waals surface area contributed by atoms with Crippen molar-refractivity contribution in [1.29, 1.82) is 0 Å². The van der Waals surface area contributed by atoms with Gasteiger partial charge in [0.1, 0.15) is 0 Å². The van der Waals surface area contributed by atoms with E-state index in [1.165, 1.54) is 0 Å². The lowest BCUT2D eigenvalue weighted by atomic mass is 12.0. The Balaban J connectivity index is 0. The molecule has 0 spiro atoms. The largest absolute Gasteiger partial charge is 0.0776 e. The number of hydrogen-bond acceptors (Lipinski definition) is 0. The van der Waals surface area contributed by atoms with Crippen LogP contribution in [0.3, 0.4) is 0 Å². The summed E-state index contributed by atoms with van der Waals surface area (Å²) in [6, 6.07) is 0. The highest BCUT2D eigenvalue weighted by atomic mass is 12.0. The van der Waals surface area contributed by atoms with E-state index in [9.17, 15) is 0 Å². The zero-order valence-electron chi connectivity index (χ0n) is 0. The molecule has 0 atom stereocenters. The Kier molecular flexibility index (Phi) is 0. The van der Waals surface area contributed by atoms with Crippen LogP contribution >= 0.6 is 0 Å². The Hall–Kier alpha value is 0. The third-order valence-corrected chi connectivity index (χ3v) is 0. The summed E-state index contributed by atoms with van der Waals surface area (Å²) >= 11 is 0. The minimum atomic E-state index is 0. The van der Waals surface area contributed by atoms with Gasteiger partial charge in [0.05, 0.1) is 0 Å². The van der Waals surface area contributed by atoms with E-state index < -0.39 is 0 Å². The standard InChI is InChI=1S/13CH4.H2/h13*1H4;1H/i;;;;;;;;;;;;;1+1. The molecule has 0 aromatic rings. The van der Waals surface area contributed by atoms with Gasteiger partial charge in [-0.15, -0.1) is 0 Å². The molecule has 0 saturated heterocycles. The van der Waals surface area contributed by atoms with Crippen molar-refractivity contribution in [2.45, 2.75) is 96.5 Å². The molecule has 0 aliphatic rings. The molecule has 0 aromatic carbocycles. The Morgan fingerprint density at radius 1 is 0.154 bits per heavy atom. The van der Waals surface area contributed by atoms with Crippen LogP contribution in [0.1, 0.15) is 98.0 Å². The molecule has 13 heavy (non-hydrogen) atoms. The summed E-state index contributed by atoms with van der Waals surface area (Å²) in [5.74, 6) is 0. The average molecular weight is 212 g/mol. The van der Waals surface area contributed by atoms with Gasteiger partial charge in [-0.2, -0.15) is 0 Å². The van der Waals surface area contributed by atoms with Gasteiger partial charge in [-0.3, -0.25) is 0 Å². The Morgan fingerprint density at radius 2 is 0.154 bits per heavy atom. The molecule has 0 heterocycles. The molecule has 0 aromatic heterocycles. The fourth-order valence-electron chi connectivity index (χ4n) is 0. The van der Waals surface area contributed by atoms with Crippen LogP contribution in [-0.2, 0) is 0 Å². The second-order valence-corrected chi connectivity index (χ2v) is 0. The van der Waals surface area contributed by atoms with Gasteiger partial charge in [0.2, 0.25) is 0 Å². The first-order chi connectivity index (χ1) is 0. The van der Waals surface area contributed by atoms with Crippen LogP contribution < -0.4 is 0 Å². The first-order valence-corrected chi connectivity index (χ1v) is 0. The van der Waals surface area contributed by atoms with E-state index in [2.05, 4.69) is 0 Å². The average Bonchev–Trinajstić information content (AvgIpc) is 0. The highest BCUT2D eigenvalue weighted by Crippen LogP contribution is 0.156. The maximum atomic E-state index is 0. The zero-order chi connectivity index (χ0) is 0. The highest BCUT2D eigenvalue weighted by molar-refractivity contribution is 2.51. The Labute approximate surface area is 98.7 Å². The van der Waals surface area contributed by atoms with Gasteiger partial charge in [-0.05, 0) is 0 Å². The normalized spacial score (nSPS) is 0. The van der Waals surface area contributed by atoms with Gasteiger partial charge in [-0.25, -0.2) is 0 Å². The van der Waals surface area contributed by atoms with Gasteiger partial charge in [0.15, 0.2) is 0 Å². The molecule has 0 radical (unpaired) electrons. The molecule has 106 valence electrons. The molecular formula is C13H54. The summed E-state index contributed by atoms with van der Waals surface area (Å²) in [4.78, 5) is 0. The predicted octanol–water partition coefficient (Wildman–Crippen LogP) is 8.52. The first kappa shape index (κ1) is 0. The quantitative estimate of drug-likeness (QED) is 0.377. The SMILES string of the molecule is C.C.C.C.C.C.C.C.C.C.C.C.C.[2HH]. The summed E-state index contributed by atoms with van der Waals surface area (Å²) in [5, 5.41) is 0. The van der Waals surface area contributed by atoms with E-state index in [4.69, 9.17) is 0 Å². The molecule has 0 bridgehead atoms. The van der Waals surface area contributed by atoms with Gasteiger partial charge in [0.25, 0.3) is 0 Å². The van der Waals surface area contributed by atoms with Crippen LogP contribution in [0.5, 0.6) is 0 Å². The molecule has 0 saturated carbocycles. The minimum absolute atomic E-state index is 0. The lowest BCUT2D eigenvalue weighted by Crippen LogP contribution is 0.143. The third kappa shape index (κ3) is 0. The van der Waals surface area contributed by atoms with Crippen molar-refractivity contribution >= 4 is 0 Å². The second kappa shape index (κ2) is 0. The van der Waals surface area contributed by atoms with Crippen molar-refractivity contribution in [3.05, 3.63) is 0 Å². The molecule has 0 heteroatoms. The molecule has 0 aliphatic carbocycles. The van der Waals surface area contributed by atoms with Gasteiger partial charge < -0.3 is 0 Å². The summed E-state index contributed by atoms with van der Waals surface area (Å²) < 4.78 is 0. The minimum Gasteiger partial charge on any atom is -0.0776 e. The van der Waals surface area contributed by atoms with Gasteiger partial charge >= 0.3 is 0 Å². The van der Waals surface area contributed by atoms with Gasteiger partial charge in [0, 0.05) is 1.43 Å². The molecule has 0 fully saturated rings. The fourth-order valence-corrected chi connectivity index (χ4v) is 0. The van der Waals surface area contributed by atoms with Crippen molar-refractivity contribution in [2.75, 3.05) is 0 Å². The van der Waals surface area contributed by atoms with E-state index >= 15 is 0 Å². The predicted molar refractivity (Wildman–Crippen MR) is 89.6 cm³/mol. The van der Waals surface area contributed by atoms with Crippen LogP contribution in [0.4, 0.5) is 0 Å². The van der Waals surface area contributed by atoms with E-state index in [0.717, 1.165) is 0 Å². The van der Waals surface area contributed by atoms with Crippen molar-refractivity contribution in [2.24, 2.45) is 0 Å². The Morgan fingerprint density at radius 3 is 0.154 bits per heavy atom. The van der Waals surface area contributed by atoms with Crippen LogP contribution in [0.15, 0.2) is 0 Å². The lowest BCUT2D eigenvalue weighted by Gasteiger charge is -0.0786. The number of rotatable bonds is 0. The molecule has 0 aliphatic heterocycles. The smallest absolute Gasteiger partial charge is 0 e. The molecule has 0 N–H and O–H groups in total. The van der Waals surface area contributed by atoms with E-state index in [1.807, 2.05) is 0 Å². The fraction of sp³-hybridized carbons (Fsp3) is 1.00. The van der Waals surface area contributed by atoms with Crippen LogP contribution in [0.25, 0.3) is 0 Å². The first-order valence-electron chi connectivity index (χ1n) is 0. The van der Waals surface area contributed by atoms with E-state index in [0.29, 0.717) is 0 Å². The topological polar surface area (TPSA) is 0 Å². The van der Waals surface area contributed by atoms with E-state index in [-0.39, 0.29) is 98.0 Å². The van der Waals surface area contributed by atoms with Crippen molar-refractivity contribution in [3.8, 4) is 0 Å². The molecular weight excluding hydrogens is 156 g/mol. The summed E-state index contributed by atoms with van der Waals surface area (Å²) in [5.41, 5.74) is 0. The zero-order valence-corrected chi connectivity index (χ0v) is 0. The van der Waals surface area contributed by atoms with Gasteiger partial charge in [-0.1, -0.05) is 96.5 Å². The van der Waals surface area contributed by atoms with Crippen molar-refractivity contribution < 1.29 is 1.43 Å².